The number of nitrogens with one attached hydrogen (secondary N) is 1. The van der Waals surface area contributed by atoms with Gasteiger partial charge in [0.2, 0.25) is 15.9 Å². The van der Waals surface area contributed by atoms with Gasteiger partial charge in [-0.3, -0.25) is 4.79 Å². The van der Waals surface area contributed by atoms with Gasteiger partial charge in [0.15, 0.2) is 0 Å². The molecule has 1 fully saturated rings. The van der Waals surface area contributed by atoms with Crippen LogP contribution in [0.5, 0.6) is 5.75 Å². The molecule has 1 aliphatic rings. The largest absolute Gasteiger partial charge is 0.495 e. The summed E-state index contributed by atoms with van der Waals surface area (Å²) in [5.74, 6) is 0.491. The summed E-state index contributed by atoms with van der Waals surface area (Å²) in [5.41, 5.74) is 1.90. The van der Waals surface area contributed by atoms with Crippen LogP contribution in [0.1, 0.15) is 25.7 Å². The van der Waals surface area contributed by atoms with E-state index in [1.807, 2.05) is 12.1 Å². The zero-order chi connectivity index (χ0) is 21.8. The second-order valence-corrected chi connectivity index (χ2v) is 9.36. The number of nitrogens with zero attached hydrogens (tertiary/aromatic N) is 4. The molecule has 1 saturated heterocycles. The van der Waals surface area contributed by atoms with E-state index in [0.717, 1.165) is 18.4 Å². The van der Waals surface area contributed by atoms with Crippen molar-refractivity contribution in [2.75, 3.05) is 25.5 Å². The predicted octanol–water partition coefficient (Wildman–Crippen LogP) is 2.64. The van der Waals surface area contributed by atoms with Crippen molar-refractivity contribution < 1.29 is 17.9 Å². The van der Waals surface area contributed by atoms with E-state index in [2.05, 4.69) is 15.6 Å². The maximum Gasteiger partial charge on any atom is 0.243 e. The minimum atomic E-state index is -3.49. The minimum absolute atomic E-state index is 0.118. The molecule has 0 spiro atoms. The highest BCUT2D eigenvalue weighted by atomic mass is 32.2. The van der Waals surface area contributed by atoms with Crippen LogP contribution in [0.2, 0.25) is 0 Å². The molecule has 0 radical (unpaired) electrons. The molecule has 1 amide bonds. The third kappa shape index (κ3) is 4.54. The molecule has 0 unspecified atom stereocenters. The second kappa shape index (κ2) is 9.03. The van der Waals surface area contributed by atoms with Gasteiger partial charge in [-0.25, -0.2) is 13.1 Å². The second-order valence-electron chi connectivity index (χ2n) is 7.43. The van der Waals surface area contributed by atoms with Crippen LogP contribution in [-0.2, 0) is 21.4 Å². The normalized spacial score (nSPS) is 14.7. The molecule has 9 nitrogen and oxygen atoms in total. The van der Waals surface area contributed by atoms with Crippen molar-refractivity contribution in [2.24, 2.45) is 0 Å². The number of hydrogen-bond acceptors (Lipinski definition) is 6. The van der Waals surface area contributed by atoms with E-state index in [1.54, 1.807) is 42.1 Å². The quantitative estimate of drug-likeness (QED) is 0.574. The molecule has 1 aliphatic heterocycles. The van der Waals surface area contributed by atoms with Crippen LogP contribution in [0.4, 0.5) is 5.69 Å². The summed E-state index contributed by atoms with van der Waals surface area (Å²) in [6, 6.07) is 12.1. The van der Waals surface area contributed by atoms with Crippen molar-refractivity contribution in [1.82, 2.24) is 19.3 Å². The molecule has 164 valence electrons. The molecular weight excluding hydrogens is 418 g/mol. The smallest absolute Gasteiger partial charge is 0.243 e. The Labute approximate surface area is 181 Å². The lowest BCUT2D eigenvalue weighted by Gasteiger charge is -2.15. The van der Waals surface area contributed by atoms with E-state index < -0.39 is 10.0 Å². The van der Waals surface area contributed by atoms with E-state index in [1.165, 1.54) is 4.31 Å². The molecule has 31 heavy (non-hydrogen) atoms. The van der Waals surface area contributed by atoms with Crippen LogP contribution in [0.15, 0.2) is 47.4 Å². The number of ether oxygens (including phenoxy) is 1. The molecule has 10 heteroatoms. The van der Waals surface area contributed by atoms with Crippen molar-refractivity contribution in [3.8, 4) is 5.75 Å². The van der Waals surface area contributed by atoms with E-state index in [9.17, 15) is 13.2 Å². The average Bonchev–Trinajstić information content (AvgIpc) is 3.45. The van der Waals surface area contributed by atoms with Crippen molar-refractivity contribution in [3.63, 3.8) is 0 Å². The Bertz CT molecular complexity index is 1190. The predicted molar refractivity (Wildman–Crippen MR) is 116 cm³/mol. The number of para-hydroxylation sites is 2. The first kappa shape index (κ1) is 21.3. The minimum Gasteiger partial charge on any atom is -0.495 e. The number of benzene rings is 2. The monoisotopic (exact) mass is 443 g/mol. The van der Waals surface area contributed by atoms with Crippen molar-refractivity contribution in [2.45, 2.75) is 37.1 Å². The van der Waals surface area contributed by atoms with Gasteiger partial charge in [0.1, 0.15) is 11.3 Å². The van der Waals surface area contributed by atoms with Crippen LogP contribution in [-0.4, -0.2) is 53.8 Å². The van der Waals surface area contributed by atoms with Gasteiger partial charge in [-0.2, -0.15) is 4.31 Å². The van der Waals surface area contributed by atoms with Gasteiger partial charge in [-0.1, -0.05) is 17.3 Å². The summed E-state index contributed by atoms with van der Waals surface area (Å²) < 4.78 is 33.9. The number of methoxy groups -OCH3 is 1. The fraction of sp³-hybridized carbons (Fsp3) is 0.381. The van der Waals surface area contributed by atoms with Crippen molar-refractivity contribution in [3.05, 3.63) is 42.5 Å². The molecule has 3 aromatic rings. The lowest BCUT2D eigenvalue weighted by Crippen LogP contribution is -2.27. The van der Waals surface area contributed by atoms with Crippen molar-refractivity contribution >= 4 is 32.7 Å². The number of rotatable bonds is 8. The van der Waals surface area contributed by atoms with Crippen molar-refractivity contribution in [1.29, 1.82) is 0 Å². The zero-order valence-corrected chi connectivity index (χ0v) is 18.1. The highest BCUT2D eigenvalue weighted by molar-refractivity contribution is 7.89. The summed E-state index contributed by atoms with van der Waals surface area (Å²) in [6.07, 6.45) is 2.65. The van der Waals surface area contributed by atoms with Crippen LogP contribution < -0.4 is 10.1 Å². The molecule has 1 aromatic heterocycles. The first-order valence-electron chi connectivity index (χ1n) is 10.3. The van der Waals surface area contributed by atoms with Crippen LogP contribution in [0.25, 0.3) is 11.0 Å². The Morgan fingerprint density at radius 1 is 1.16 bits per heavy atom. The lowest BCUT2D eigenvalue weighted by atomic mass is 10.2. The summed E-state index contributed by atoms with van der Waals surface area (Å²) >= 11 is 0. The van der Waals surface area contributed by atoms with E-state index >= 15 is 0 Å². The molecule has 0 saturated carbocycles. The number of fused-ring (bicyclic) bond motifs is 1. The van der Waals surface area contributed by atoms with Crippen LogP contribution in [0.3, 0.4) is 0 Å². The Balaban J connectivity index is 1.39. The number of carbonyl (C=O) groups excluding carboxylic acids is 1. The number of anilines is 1. The maximum absolute atomic E-state index is 12.7. The number of hydrogen-bond donors (Lipinski definition) is 1. The zero-order valence-electron chi connectivity index (χ0n) is 17.3. The lowest BCUT2D eigenvalue weighted by molar-refractivity contribution is -0.116. The Morgan fingerprint density at radius 3 is 2.71 bits per heavy atom. The fourth-order valence-electron chi connectivity index (χ4n) is 3.71. The summed E-state index contributed by atoms with van der Waals surface area (Å²) in [5, 5.41) is 11.1. The molecule has 2 heterocycles. The highest BCUT2D eigenvalue weighted by Gasteiger charge is 2.27. The van der Waals surface area contributed by atoms with Gasteiger partial charge < -0.3 is 10.1 Å². The van der Waals surface area contributed by atoms with E-state index in [-0.39, 0.29) is 10.8 Å². The molecule has 4 rings (SSSR count). The fourth-order valence-corrected chi connectivity index (χ4v) is 5.24. The molecule has 0 bridgehead atoms. The van der Waals surface area contributed by atoms with Gasteiger partial charge in [-0.05, 0) is 49.6 Å². The summed E-state index contributed by atoms with van der Waals surface area (Å²) in [6.45, 7) is 1.61. The Hall–Kier alpha value is -2.98. The highest BCUT2D eigenvalue weighted by Crippen LogP contribution is 2.25. The van der Waals surface area contributed by atoms with Crippen LogP contribution in [0, 0.1) is 0 Å². The first-order chi connectivity index (χ1) is 15.0. The third-order valence-corrected chi connectivity index (χ3v) is 7.24. The first-order valence-corrected chi connectivity index (χ1v) is 11.7. The Kier molecular flexibility index (Phi) is 6.19. The summed E-state index contributed by atoms with van der Waals surface area (Å²) in [4.78, 5) is 12.5. The Morgan fingerprint density at radius 2 is 1.94 bits per heavy atom. The average molecular weight is 444 g/mol. The summed E-state index contributed by atoms with van der Waals surface area (Å²) in [7, 11) is -1.93. The van der Waals surface area contributed by atoms with E-state index in [0.29, 0.717) is 49.4 Å². The standard InChI is InChI=1S/C21H25N5O4S/c1-30-20-8-3-2-7-17(20)22-21(27)9-6-14-26-19-11-10-16(15-18(19)23-24-26)31(28,29)25-12-4-5-13-25/h2-3,7-8,10-11,15H,4-6,9,12-14H2,1H3,(H,22,27). The molecule has 1 N–H and O–H groups in total. The molecule has 2 aromatic carbocycles. The van der Waals surface area contributed by atoms with Gasteiger partial charge in [0.25, 0.3) is 0 Å². The van der Waals surface area contributed by atoms with Gasteiger partial charge in [0.05, 0.1) is 23.2 Å². The molecular formula is C21H25N5O4S. The third-order valence-electron chi connectivity index (χ3n) is 5.34. The van der Waals surface area contributed by atoms with Gasteiger partial charge >= 0.3 is 0 Å². The topological polar surface area (TPSA) is 106 Å². The molecule has 0 aliphatic carbocycles. The number of amides is 1. The van der Waals surface area contributed by atoms with Gasteiger partial charge in [-0.15, -0.1) is 5.10 Å². The SMILES string of the molecule is COc1ccccc1NC(=O)CCCn1nnc2cc(S(=O)(=O)N3CCCC3)ccc21. The van der Waals surface area contributed by atoms with E-state index in [4.69, 9.17) is 4.74 Å². The number of aromatic nitrogens is 3. The number of aryl methyl sites for hydroxylation is 1. The maximum atomic E-state index is 12.7. The van der Waals surface area contributed by atoms with Crippen LogP contribution >= 0.6 is 0 Å². The number of sulfonamides is 1. The number of carbonyl (C=O) groups is 1. The van der Waals surface area contributed by atoms with Gasteiger partial charge in [0, 0.05) is 26.1 Å². The molecule has 0 atom stereocenters.